The molecular weight excluding hydrogens is 292 g/mol. The van der Waals surface area contributed by atoms with Gasteiger partial charge in [-0.05, 0) is 61.6 Å². The second kappa shape index (κ2) is 8.02. The van der Waals surface area contributed by atoms with Gasteiger partial charge in [-0.3, -0.25) is 4.79 Å². The molecule has 0 spiro atoms. The molecule has 1 fully saturated rings. The van der Waals surface area contributed by atoms with Gasteiger partial charge in [0.05, 0.1) is 0 Å². The van der Waals surface area contributed by atoms with Crippen molar-refractivity contribution in [3.63, 3.8) is 0 Å². The minimum atomic E-state index is 0.224. The molecule has 1 aromatic rings. The topological polar surface area (TPSA) is 41.1 Å². The van der Waals surface area contributed by atoms with Crippen LogP contribution in [0.25, 0.3) is 0 Å². The molecule has 2 aliphatic heterocycles. The van der Waals surface area contributed by atoms with Crippen molar-refractivity contribution in [2.45, 2.75) is 37.4 Å². The summed E-state index contributed by atoms with van der Waals surface area (Å²) in [6.45, 7) is 3.00. The number of nitrogens with one attached hydrogen (secondary N) is 2. The van der Waals surface area contributed by atoms with Crippen molar-refractivity contribution >= 4 is 17.7 Å². The molecule has 3 nitrogen and oxygen atoms in total. The molecule has 22 heavy (non-hydrogen) atoms. The molecule has 1 amide bonds. The molecule has 1 atom stereocenters. The lowest BCUT2D eigenvalue weighted by atomic mass is 9.93. The third kappa shape index (κ3) is 4.26. The van der Waals surface area contributed by atoms with Gasteiger partial charge in [-0.2, -0.15) is 11.8 Å². The highest BCUT2D eigenvalue weighted by Gasteiger charge is 2.21. The van der Waals surface area contributed by atoms with E-state index in [4.69, 9.17) is 0 Å². The largest absolute Gasteiger partial charge is 0.355 e. The van der Waals surface area contributed by atoms with Crippen molar-refractivity contribution in [2.75, 3.05) is 25.4 Å². The fourth-order valence-corrected chi connectivity index (χ4v) is 4.68. The summed E-state index contributed by atoms with van der Waals surface area (Å²) in [6.07, 6.45) is 5.32. The van der Waals surface area contributed by atoms with Crippen LogP contribution in [0.4, 0.5) is 0 Å². The van der Waals surface area contributed by atoms with Crippen LogP contribution in [0, 0.1) is 5.92 Å². The van der Waals surface area contributed by atoms with E-state index in [1.807, 2.05) is 11.8 Å². The Morgan fingerprint density at radius 2 is 2.09 bits per heavy atom. The van der Waals surface area contributed by atoms with E-state index in [1.165, 1.54) is 24.0 Å². The molecule has 2 aliphatic rings. The monoisotopic (exact) mass is 318 g/mol. The zero-order valence-electron chi connectivity index (χ0n) is 13.1. The maximum Gasteiger partial charge on any atom is 0.220 e. The number of thioether (sulfide) groups is 1. The van der Waals surface area contributed by atoms with E-state index in [9.17, 15) is 4.79 Å². The number of hydrogen-bond donors (Lipinski definition) is 2. The van der Waals surface area contributed by atoms with Crippen molar-refractivity contribution < 1.29 is 4.79 Å². The Hall–Kier alpha value is -1.00. The Kier molecular flexibility index (Phi) is 5.79. The first kappa shape index (κ1) is 15.9. The van der Waals surface area contributed by atoms with Crippen LogP contribution in [0.1, 0.15) is 42.1 Å². The number of hydrogen-bond acceptors (Lipinski definition) is 3. The summed E-state index contributed by atoms with van der Waals surface area (Å²) in [7, 11) is 0. The van der Waals surface area contributed by atoms with Gasteiger partial charge < -0.3 is 10.6 Å². The van der Waals surface area contributed by atoms with Gasteiger partial charge in [-0.15, -0.1) is 0 Å². The van der Waals surface area contributed by atoms with Crippen molar-refractivity contribution in [3.05, 3.63) is 35.4 Å². The fraction of sp³-hybridized carbons (Fsp3) is 0.611. The van der Waals surface area contributed by atoms with Crippen molar-refractivity contribution in [1.29, 1.82) is 0 Å². The van der Waals surface area contributed by atoms with Gasteiger partial charge in [0.2, 0.25) is 5.91 Å². The van der Waals surface area contributed by atoms with E-state index in [0.29, 0.717) is 11.7 Å². The number of piperidine rings is 1. The van der Waals surface area contributed by atoms with Gasteiger partial charge in [-0.1, -0.05) is 24.3 Å². The van der Waals surface area contributed by atoms with E-state index >= 15 is 0 Å². The second-order valence-corrected chi connectivity index (χ2v) is 7.65. The van der Waals surface area contributed by atoms with E-state index in [0.717, 1.165) is 44.1 Å². The first-order valence-corrected chi connectivity index (χ1v) is 9.54. The van der Waals surface area contributed by atoms with Crippen LogP contribution in [0.3, 0.4) is 0 Å². The summed E-state index contributed by atoms with van der Waals surface area (Å²) >= 11 is 1.97. The maximum absolute atomic E-state index is 12.1. The van der Waals surface area contributed by atoms with Crippen LogP contribution in [0.5, 0.6) is 0 Å². The molecule has 1 aromatic carbocycles. The Balaban J connectivity index is 1.43. The quantitative estimate of drug-likeness (QED) is 0.877. The molecular formula is C18H26N2OS. The molecule has 3 rings (SSSR count). The lowest BCUT2D eigenvalue weighted by molar-refractivity contribution is -0.121. The van der Waals surface area contributed by atoms with Crippen molar-refractivity contribution in [3.8, 4) is 0 Å². The van der Waals surface area contributed by atoms with Crippen LogP contribution < -0.4 is 10.6 Å². The highest BCUT2D eigenvalue weighted by atomic mass is 32.2. The highest BCUT2D eigenvalue weighted by molar-refractivity contribution is 7.99. The summed E-state index contributed by atoms with van der Waals surface area (Å²) < 4.78 is 0. The van der Waals surface area contributed by atoms with Crippen LogP contribution in [-0.2, 0) is 11.2 Å². The average Bonchev–Trinajstić information content (AvgIpc) is 2.59. The third-order valence-electron chi connectivity index (χ3n) is 4.82. The van der Waals surface area contributed by atoms with Gasteiger partial charge >= 0.3 is 0 Å². The minimum Gasteiger partial charge on any atom is -0.355 e. The molecule has 1 saturated heterocycles. The summed E-state index contributed by atoms with van der Waals surface area (Å²) in [6, 6.07) is 8.66. The highest BCUT2D eigenvalue weighted by Crippen LogP contribution is 2.35. The van der Waals surface area contributed by atoms with E-state index in [2.05, 4.69) is 34.9 Å². The molecule has 2 heterocycles. The van der Waals surface area contributed by atoms with Gasteiger partial charge in [0.1, 0.15) is 0 Å². The number of carbonyl (C=O) groups excluding carboxylic acids is 1. The predicted molar refractivity (Wildman–Crippen MR) is 93.2 cm³/mol. The number of carbonyl (C=O) groups is 1. The second-order valence-electron chi connectivity index (χ2n) is 6.34. The summed E-state index contributed by atoms with van der Waals surface area (Å²) in [4.78, 5) is 12.1. The third-order valence-corrected chi connectivity index (χ3v) is 6.08. The first-order chi connectivity index (χ1) is 10.8. The Morgan fingerprint density at radius 1 is 1.27 bits per heavy atom. The van der Waals surface area contributed by atoms with Crippen molar-refractivity contribution in [2.24, 2.45) is 5.92 Å². The number of amides is 1. The molecule has 0 saturated carbocycles. The number of rotatable bonds is 5. The van der Waals surface area contributed by atoms with Crippen LogP contribution >= 0.6 is 11.8 Å². The van der Waals surface area contributed by atoms with Crippen molar-refractivity contribution in [1.82, 2.24) is 10.6 Å². The molecule has 0 bridgehead atoms. The first-order valence-electron chi connectivity index (χ1n) is 8.50. The van der Waals surface area contributed by atoms with E-state index < -0.39 is 0 Å². The molecule has 4 heteroatoms. The summed E-state index contributed by atoms with van der Waals surface area (Å²) in [5, 5.41) is 6.96. The molecule has 0 aromatic heterocycles. The molecule has 2 N–H and O–H groups in total. The maximum atomic E-state index is 12.1. The average molecular weight is 318 g/mol. The standard InChI is InChI=1S/C18H26N2OS/c21-18(6-5-14-7-10-19-11-8-14)20-13-17-16-4-2-1-3-15(16)9-12-22-17/h1-4,14,17,19H,5-13H2,(H,20,21). The lowest BCUT2D eigenvalue weighted by Gasteiger charge is -2.25. The predicted octanol–water partition coefficient (Wildman–Crippen LogP) is 2.91. The van der Waals surface area contributed by atoms with E-state index in [1.54, 1.807) is 0 Å². The SMILES string of the molecule is O=C(CCC1CCNCC1)NCC1SCCc2ccccc21. The number of aryl methyl sites for hydroxylation is 1. The lowest BCUT2D eigenvalue weighted by Crippen LogP contribution is -2.31. The van der Waals surface area contributed by atoms with Crippen LogP contribution in [0.15, 0.2) is 24.3 Å². The summed E-state index contributed by atoms with van der Waals surface area (Å²) in [5.41, 5.74) is 2.87. The molecule has 1 unspecified atom stereocenters. The van der Waals surface area contributed by atoms with Gasteiger partial charge in [0.25, 0.3) is 0 Å². The molecule has 0 radical (unpaired) electrons. The molecule has 0 aliphatic carbocycles. The zero-order valence-corrected chi connectivity index (χ0v) is 14.0. The fourth-order valence-electron chi connectivity index (χ4n) is 3.45. The van der Waals surface area contributed by atoms with E-state index in [-0.39, 0.29) is 5.91 Å². The van der Waals surface area contributed by atoms with Gasteiger partial charge in [0.15, 0.2) is 0 Å². The normalized spacial score (nSPS) is 22.1. The summed E-state index contributed by atoms with van der Waals surface area (Å²) in [5.74, 6) is 2.12. The van der Waals surface area contributed by atoms with Gasteiger partial charge in [0, 0.05) is 18.2 Å². The Bertz CT molecular complexity index is 500. The smallest absolute Gasteiger partial charge is 0.220 e. The van der Waals surface area contributed by atoms with Crippen LogP contribution in [-0.4, -0.2) is 31.3 Å². The molecule has 120 valence electrons. The minimum absolute atomic E-state index is 0.224. The van der Waals surface area contributed by atoms with Gasteiger partial charge in [-0.25, -0.2) is 0 Å². The van der Waals surface area contributed by atoms with Crippen LogP contribution in [0.2, 0.25) is 0 Å². The Morgan fingerprint density at radius 3 is 2.95 bits per heavy atom. The number of fused-ring (bicyclic) bond motifs is 1. The Labute approximate surface area is 137 Å². The number of benzene rings is 1. The zero-order chi connectivity index (χ0) is 15.2.